The van der Waals surface area contributed by atoms with Gasteiger partial charge in [0.05, 0.1) is 0 Å². The van der Waals surface area contributed by atoms with Crippen molar-refractivity contribution in [2.24, 2.45) is 0 Å². The summed E-state index contributed by atoms with van der Waals surface area (Å²) in [5.74, 6) is 0.0208. The quantitative estimate of drug-likeness (QED) is 0.586. The normalized spacial score (nSPS) is 13.3. The number of hydrogen-bond donors (Lipinski definition) is 1. The first-order valence-corrected chi connectivity index (χ1v) is 8.61. The Balaban J connectivity index is 2.50. The molecule has 0 radical (unpaired) electrons. The molecule has 0 bridgehead atoms. The summed E-state index contributed by atoms with van der Waals surface area (Å²) >= 11 is 1.58. The number of amides is 1. The average molecular weight is 325 g/mol. The van der Waals surface area contributed by atoms with Crippen molar-refractivity contribution in [1.82, 2.24) is 5.32 Å². The van der Waals surface area contributed by atoms with Gasteiger partial charge in [-0.2, -0.15) is 0 Å². The lowest BCUT2D eigenvalue weighted by atomic mass is 9.93. The number of benzene rings is 2. The van der Waals surface area contributed by atoms with Crippen LogP contribution in [0.15, 0.2) is 78.2 Å². The summed E-state index contributed by atoms with van der Waals surface area (Å²) in [6.07, 6.45) is 2.39. The summed E-state index contributed by atoms with van der Waals surface area (Å²) in [5, 5.41) is 3.08. The second kappa shape index (κ2) is 8.02. The fourth-order valence-corrected chi connectivity index (χ4v) is 3.77. The zero-order valence-electron chi connectivity index (χ0n) is 13.7. The molecule has 1 N–H and O–H groups in total. The highest BCUT2D eigenvalue weighted by molar-refractivity contribution is 8.01. The Kier molecular flexibility index (Phi) is 6.05. The molecule has 3 heteroatoms. The van der Waals surface area contributed by atoms with Crippen LogP contribution in [0.25, 0.3) is 0 Å². The zero-order valence-corrected chi connectivity index (χ0v) is 14.5. The fourth-order valence-electron chi connectivity index (χ4n) is 2.47. The third-order valence-electron chi connectivity index (χ3n) is 3.49. The average Bonchev–Trinajstić information content (AvgIpc) is 2.55. The van der Waals surface area contributed by atoms with Gasteiger partial charge in [0.25, 0.3) is 0 Å². The van der Waals surface area contributed by atoms with E-state index in [2.05, 4.69) is 11.9 Å². The second-order valence-corrected chi connectivity index (χ2v) is 7.10. The zero-order chi connectivity index (χ0) is 16.7. The van der Waals surface area contributed by atoms with Gasteiger partial charge >= 0.3 is 0 Å². The van der Waals surface area contributed by atoms with Crippen LogP contribution in [0.5, 0.6) is 0 Å². The van der Waals surface area contributed by atoms with Gasteiger partial charge in [-0.15, -0.1) is 18.3 Å². The van der Waals surface area contributed by atoms with E-state index in [9.17, 15) is 4.79 Å². The molecule has 120 valence electrons. The number of hydrogen-bond acceptors (Lipinski definition) is 2. The van der Waals surface area contributed by atoms with Gasteiger partial charge in [0.2, 0.25) is 5.91 Å². The molecule has 23 heavy (non-hydrogen) atoms. The van der Waals surface area contributed by atoms with E-state index in [0.29, 0.717) is 6.42 Å². The molecule has 2 rings (SSSR count). The van der Waals surface area contributed by atoms with Crippen LogP contribution in [0, 0.1) is 0 Å². The molecule has 1 amide bonds. The van der Waals surface area contributed by atoms with Crippen LogP contribution in [0.2, 0.25) is 0 Å². The smallest absolute Gasteiger partial charge is 0.241 e. The molecule has 0 saturated carbocycles. The third-order valence-corrected chi connectivity index (χ3v) is 4.94. The Bertz CT molecular complexity index is 639. The van der Waals surface area contributed by atoms with Gasteiger partial charge in [0.1, 0.15) is 4.75 Å². The SMILES string of the molecule is C=CCC(Sc1ccccc1)(C(=O)NC(C)C)c1ccccc1. The fraction of sp³-hybridized carbons (Fsp3) is 0.250. The van der Waals surface area contributed by atoms with Crippen molar-refractivity contribution in [3.63, 3.8) is 0 Å². The van der Waals surface area contributed by atoms with E-state index in [1.165, 1.54) is 0 Å². The monoisotopic (exact) mass is 325 g/mol. The number of carbonyl (C=O) groups is 1. The predicted molar refractivity (Wildman–Crippen MR) is 98.5 cm³/mol. The van der Waals surface area contributed by atoms with Gasteiger partial charge in [-0.25, -0.2) is 0 Å². The molecule has 0 spiro atoms. The minimum absolute atomic E-state index is 0.0208. The Labute approximate surface area is 143 Å². The van der Waals surface area contributed by atoms with Crippen molar-refractivity contribution in [2.45, 2.75) is 36.0 Å². The Morgan fingerprint density at radius 3 is 2.22 bits per heavy atom. The molecule has 0 aromatic heterocycles. The molecule has 2 nitrogen and oxygen atoms in total. The van der Waals surface area contributed by atoms with Crippen LogP contribution in [-0.4, -0.2) is 11.9 Å². The maximum atomic E-state index is 13.1. The number of nitrogens with one attached hydrogen (secondary N) is 1. The highest BCUT2D eigenvalue weighted by atomic mass is 32.2. The predicted octanol–water partition coefficient (Wildman–Crippen LogP) is 4.77. The maximum Gasteiger partial charge on any atom is 0.241 e. The topological polar surface area (TPSA) is 29.1 Å². The lowest BCUT2D eigenvalue weighted by Gasteiger charge is -2.32. The van der Waals surface area contributed by atoms with Crippen molar-refractivity contribution in [3.8, 4) is 0 Å². The van der Waals surface area contributed by atoms with Gasteiger partial charge in [0, 0.05) is 10.9 Å². The van der Waals surface area contributed by atoms with Gasteiger partial charge < -0.3 is 5.32 Å². The van der Waals surface area contributed by atoms with E-state index in [1.807, 2.05) is 80.6 Å². The van der Waals surface area contributed by atoms with Crippen LogP contribution in [0.4, 0.5) is 0 Å². The first-order chi connectivity index (χ1) is 11.1. The summed E-state index contributed by atoms with van der Waals surface area (Å²) in [6.45, 7) is 7.84. The van der Waals surface area contributed by atoms with Crippen LogP contribution >= 0.6 is 11.8 Å². The Morgan fingerprint density at radius 2 is 1.70 bits per heavy atom. The standard InChI is InChI=1S/C20H23NOS/c1-4-15-20(19(22)21-16(2)3,17-11-7-5-8-12-17)23-18-13-9-6-10-14-18/h4-14,16H,1,15H2,2-3H3,(H,21,22). The molecule has 0 aliphatic carbocycles. The minimum atomic E-state index is -0.714. The molecule has 1 unspecified atom stereocenters. The van der Waals surface area contributed by atoms with Crippen LogP contribution in [0.3, 0.4) is 0 Å². The van der Waals surface area contributed by atoms with Crippen LogP contribution < -0.4 is 5.32 Å². The number of rotatable bonds is 7. The van der Waals surface area contributed by atoms with E-state index in [4.69, 9.17) is 0 Å². The van der Waals surface area contributed by atoms with Crippen molar-refractivity contribution in [1.29, 1.82) is 0 Å². The lowest BCUT2D eigenvalue weighted by molar-refractivity contribution is -0.124. The molecular formula is C20H23NOS. The molecule has 1 atom stereocenters. The Hall–Kier alpha value is -2.00. The van der Waals surface area contributed by atoms with Crippen molar-refractivity contribution in [3.05, 3.63) is 78.9 Å². The van der Waals surface area contributed by atoms with Gasteiger partial charge in [-0.1, -0.05) is 54.6 Å². The molecule has 0 aliphatic heterocycles. The number of thioether (sulfide) groups is 1. The third kappa shape index (κ3) is 4.26. The second-order valence-electron chi connectivity index (χ2n) is 5.73. The van der Waals surface area contributed by atoms with E-state index in [-0.39, 0.29) is 11.9 Å². The summed E-state index contributed by atoms with van der Waals surface area (Å²) in [4.78, 5) is 14.2. The largest absolute Gasteiger partial charge is 0.352 e. The molecular weight excluding hydrogens is 302 g/mol. The van der Waals surface area contributed by atoms with E-state index in [1.54, 1.807) is 11.8 Å². The summed E-state index contributed by atoms with van der Waals surface area (Å²) in [5.41, 5.74) is 0.993. The molecule has 0 fully saturated rings. The molecule has 0 saturated heterocycles. The van der Waals surface area contributed by atoms with Crippen molar-refractivity contribution >= 4 is 17.7 Å². The minimum Gasteiger partial charge on any atom is -0.352 e. The van der Waals surface area contributed by atoms with Crippen LogP contribution in [0.1, 0.15) is 25.8 Å². The first-order valence-electron chi connectivity index (χ1n) is 7.80. The van der Waals surface area contributed by atoms with Gasteiger partial charge in [-0.3, -0.25) is 4.79 Å². The maximum absolute atomic E-state index is 13.1. The highest BCUT2D eigenvalue weighted by Crippen LogP contribution is 2.44. The molecule has 2 aromatic rings. The molecule has 2 aromatic carbocycles. The number of carbonyl (C=O) groups excluding carboxylic acids is 1. The van der Waals surface area contributed by atoms with E-state index >= 15 is 0 Å². The highest BCUT2D eigenvalue weighted by Gasteiger charge is 2.40. The van der Waals surface area contributed by atoms with Crippen molar-refractivity contribution < 1.29 is 4.79 Å². The van der Waals surface area contributed by atoms with Gasteiger partial charge in [-0.05, 0) is 38.0 Å². The van der Waals surface area contributed by atoms with E-state index in [0.717, 1.165) is 10.5 Å². The summed E-state index contributed by atoms with van der Waals surface area (Å²) < 4.78 is -0.714. The Morgan fingerprint density at radius 1 is 1.13 bits per heavy atom. The molecule has 0 heterocycles. The van der Waals surface area contributed by atoms with Crippen molar-refractivity contribution in [2.75, 3.05) is 0 Å². The summed E-state index contributed by atoms with van der Waals surface area (Å²) in [6, 6.07) is 20.1. The number of allylic oxidation sites excluding steroid dienone is 1. The van der Waals surface area contributed by atoms with Gasteiger partial charge in [0.15, 0.2) is 0 Å². The molecule has 0 aliphatic rings. The first kappa shape index (κ1) is 17.4. The van der Waals surface area contributed by atoms with Crippen LogP contribution in [-0.2, 0) is 9.54 Å². The van der Waals surface area contributed by atoms with E-state index < -0.39 is 4.75 Å². The lowest BCUT2D eigenvalue weighted by Crippen LogP contribution is -2.44. The summed E-state index contributed by atoms with van der Waals surface area (Å²) in [7, 11) is 0.